The van der Waals surface area contributed by atoms with Gasteiger partial charge in [-0.2, -0.15) is 0 Å². The van der Waals surface area contributed by atoms with Crippen LogP contribution in [0.5, 0.6) is 0 Å². The van der Waals surface area contributed by atoms with Crippen LogP contribution in [0.3, 0.4) is 0 Å². The SMILES string of the molecule is CCCCCCCCCCCCCCCCCC(=O)O[C@H](COC(=O)CCCCCCCCCCCCCCCC)COP(=O)(O)OC[C@@H](O)COP(=O)(O)OC[C@@H](COC(=O)CCCCCCCCC)OC(=O)CCCCCCCCCCCC. The summed E-state index contributed by atoms with van der Waals surface area (Å²) in [6.07, 6.45) is 48.6. The third-order valence-electron chi connectivity index (χ3n) is 15.6. The molecule has 0 aromatic rings. The molecule has 0 saturated carbocycles. The molecule has 0 spiro atoms. The first kappa shape index (κ1) is 84.1. The normalized spacial score (nSPS) is 14.1. The van der Waals surface area contributed by atoms with Gasteiger partial charge in [-0.15, -0.1) is 0 Å². The van der Waals surface area contributed by atoms with Gasteiger partial charge in [0.05, 0.1) is 26.4 Å². The third kappa shape index (κ3) is 60.9. The Bertz CT molecular complexity index is 1650. The second-order valence-electron chi connectivity index (χ2n) is 24.2. The van der Waals surface area contributed by atoms with Gasteiger partial charge in [0, 0.05) is 25.7 Å². The minimum absolute atomic E-state index is 0.106. The Morgan fingerprint density at radius 1 is 0.279 bits per heavy atom. The van der Waals surface area contributed by atoms with Crippen LogP contribution in [-0.2, 0) is 65.4 Å². The van der Waals surface area contributed by atoms with Gasteiger partial charge in [0.2, 0.25) is 0 Å². The molecule has 0 radical (unpaired) electrons. The van der Waals surface area contributed by atoms with Crippen LogP contribution in [0.15, 0.2) is 0 Å². The van der Waals surface area contributed by atoms with Crippen molar-refractivity contribution in [2.75, 3.05) is 39.6 Å². The Morgan fingerprint density at radius 3 is 0.686 bits per heavy atom. The summed E-state index contributed by atoms with van der Waals surface area (Å²) in [7, 11) is -9.88. The Morgan fingerprint density at radius 2 is 0.465 bits per heavy atom. The molecule has 0 aromatic heterocycles. The van der Waals surface area contributed by atoms with Crippen LogP contribution in [-0.4, -0.2) is 96.7 Å². The maximum atomic E-state index is 13.0. The average Bonchev–Trinajstić information content (AvgIpc) is 3.63. The van der Waals surface area contributed by atoms with E-state index in [1.165, 1.54) is 167 Å². The smallest absolute Gasteiger partial charge is 0.462 e. The number of phosphoric ester groups is 2. The van der Waals surface area contributed by atoms with E-state index in [-0.39, 0.29) is 25.7 Å². The first-order valence-corrected chi connectivity index (χ1v) is 38.3. The van der Waals surface area contributed by atoms with Crippen molar-refractivity contribution in [3.63, 3.8) is 0 Å². The summed E-state index contributed by atoms with van der Waals surface area (Å²) in [4.78, 5) is 72.2. The molecule has 86 heavy (non-hydrogen) atoms. The largest absolute Gasteiger partial charge is 0.472 e. The fourth-order valence-corrected chi connectivity index (χ4v) is 11.7. The van der Waals surface area contributed by atoms with Crippen molar-refractivity contribution in [3.8, 4) is 0 Å². The Hall–Kier alpha value is -1.94. The average molecular weight is 1270 g/mol. The molecule has 0 aliphatic carbocycles. The van der Waals surface area contributed by atoms with E-state index in [2.05, 4.69) is 27.7 Å². The highest BCUT2D eigenvalue weighted by molar-refractivity contribution is 7.47. The van der Waals surface area contributed by atoms with Gasteiger partial charge in [-0.05, 0) is 25.7 Å². The quantitative estimate of drug-likeness (QED) is 0.0222. The zero-order valence-corrected chi connectivity index (χ0v) is 57.1. The van der Waals surface area contributed by atoms with Crippen molar-refractivity contribution in [1.29, 1.82) is 0 Å². The lowest BCUT2D eigenvalue weighted by atomic mass is 10.0. The molecule has 0 aliphatic heterocycles. The number of hydrogen-bond acceptors (Lipinski definition) is 15. The van der Waals surface area contributed by atoms with Crippen molar-refractivity contribution < 1.29 is 80.2 Å². The van der Waals surface area contributed by atoms with Gasteiger partial charge in [-0.3, -0.25) is 37.3 Å². The number of esters is 4. The predicted molar refractivity (Wildman–Crippen MR) is 345 cm³/mol. The first-order chi connectivity index (χ1) is 41.7. The lowest BCUT2D eigenvalue weighted by Crippen LogP contribution is -2.30. The van der Waals surface area contributed by atoms with Gasteiger partial charge in [0.15, 0.2) is 12.2 Å². The fraction of sp³-hybridized carbons (Fsp3) is 0.940. The summed E-state index contributed by atoms with van der Waals surface area (Å²) in [5, 5.41) is 10.5. The second-order valence-corrected chi connectivity index (χ2v) is 27.1. The molecule has 5 atom stereocenters. The van der Waals surface area contributed by atoms with E-state index in [0.29, 0.717) is 25.7 Å². The van der Waals surface area contributed by atoms with E-state index in [1.54, 1.807) is 0 Å². The Labute approximate surface area is 524 Å². The molecule has 510 valence electrons. The fourth-order valence-electron chi connectivity index (χ4n) is 10.2. The van der Waals surface area contributed by atoms with E-state index < -0.39 is 97.5 Å². The van der Waals surface area contributed by atoms with E-state index in [9.17, 15) is 43.2 Å². The van der Waals surface area contributed by atoms with Gasteiger partial charge in [0.25, 0.3) is 0 Å². The highest BCUT2D eigenvalue weighted by Gasteiger charge is 2.30. The predicted octanol–water partition coefficient (Wildman–Crippen LogP) is 19.1. The number of phosphoric acid groups is 2. The summed E-state index contributed by atoms with van der Waals surface area (Å²) in [6.45, 7) is 4.88. The molecule has 2 unspecified atom stereocenters. The molecule has 0 amide bonds. The second kappa shape index (κ2) is 61.9. The molecule has 0 saturated heterocycles. The number of carbonyl (C=O) groups excluding carboxylic acids is 4. The number of hydrogen-bond donors (Lipinski definition) is 3. The van der Waals surface area contributed by atoms with Gasteiger partial charge < -0.3 is 33.8 Å². The van der Waals surface area contributed by atoms with Gasteiger partial charge >= 0.3 is 39.5 Å². The molecule has 0 fully saturated rings. The molecule has 19 heteroatoms. The van der Waals surface area contributed by atoms with Gasteiger partial charge in [0.1, 0.15) is 19.3 Å². The van der Waals surface area contributed by atoms with E-state index >= 15 is 0 Å². The number of aliphatic hydroxyl groups excluding tert-OH is 1. The van der Waals surface area contributed by atoms with Crippen LogP contribution < -0.4 is 0 Å². The van der Waals surface area contributed by atoms with Crippen LogP contribution in [0.4, 0.5) is 0 Å². The van der Waals surface area contributed by atoms with E-state index in [0.717, 1.165) is 103 Å². The molecule has 0 aromatic carbocycles. The van der Waals surface area contributed by atoms with Crippen LogP contribution in [0.2, 0.25) is 0 Å². The van der Waals surface area contributed by atoms with Crippen molar-refractivity contribution >= 4 is 39.5 Å². The topological polar surface area (TPSA) is 237 Å². The summed E-state index contributed by atoms with van der Waals surface area (Å²) in [5.74, 6) is -2.13. The molecule has 17 nitrogen and oxygen atoms in total. The molecule has 0 aliphatic rings. The van der Waals surface area contributed by atoms with Gasteiger partial charge in [-0.25, -0.2) is 9.13 Å². The highest BCUT2D eigenvalue weighted by Crippen LogP contribution is 2.45. The van der Waals surface area contributed by atoms with Crippen LogP contribution >= 0.6 is 15.6 Å². The monoisotopic (exact) mass is 1270 g/mol. The molecule has 3 N–H and O–H groups in total. The minimum atomic E-state index is -4.95. The molecular formula is C67H130O17P2. The first-order valence-electron chi connectivity index (χ1n) is 35.3. The summed E-state index contributed by atoms with van der Waals surface area (Å²) in [6, 6.07) is 0. The van der Waals surface area contributed by atoms with Crippen molar-refractivity contribution in [2.45, 2.75) is 367 Å². The van der Waals surface area contributed by atoms with Crippen LogP contribution in [0.25, 0.3) is 0 Å². The maximum Gasteiger partial charge on any atom is 0.472 e. The number of unbranched alkanes of at least 4 members (excludes halogenated alkanes) is 42. The molecule has 0 heterocycles. The van der Waals surface area contributed by atoms with Gasteiger partial charge in [-0.1, -0.05) is 297 Å². The van der Waals surface area contributed by atoms with Crippen LogP contribution in [0.1, 0.15) is 349 Å². The number of ether oxygens (including phenoxy) is 4. The summed E-state index contributed by atoms with van der Waals surface area (Å²) in [5.41, 5.74) is 0. The van der Waals surface area contributed by atoms with E-state index in [4.69, 9.17) is 37.0 Å². The lowest BCUT2D eigenvalue weighted by molar-refractivity contribution is -0.161. The Kier molecular flexibility index (Phi) is 60.5. The lowest BCUT2D eigenvalue weighted by Gasteiger charge is -2.21. The molecular weight excluding hydrogens is 1140 g/mol. The zero-order chi connectivity index (χ0) is 63.3. The summed E-state index contributed by atoms with van der Waals surface area (Å²) >= 11 is 0. The minimum Gasteiger partial charge on any atom is -0.462 e. The van der Waals surface area contributed by atoms with Crippen LogP contribution in [0, 0.1) is 0 Å². The molecule has 0 rings (SSSR count). The highest BCUT2D eigenvalue weighted by atomic mass is 31.2. The van der Waals surface area contributed by atoms with E-state index in [1.807, 2.05) is 0 Å². The third-order valence-corrected chi connectivity index (χ3v) is 17.5. The van der Waals surface area contributed by atoms with Crippen molar-refractivity contribution in [3.05, 3.63) is 0 Å². The Balaban J connectivity index is 5.20. The maximum absolute atomic E-state index is 13.0. The van der Waals surface area contributed by atoms with Crippen molar-refractivity contribution in [1.82, 2.24) is 0 Å². The van der Waals surface area contributed by atoms with Crippen molar-refractivity contribution in [2.24, 2.45) is 0 Å². The number of rotatable bonds is 68. The number of aliphatic hydroxyl groups is 1. The summed E-state index contributed by atoms with van der Waals surface area (Å²) < 4.78 is 68.0. The molecule has 0 bridgehead atoms. The zero-order valence-electron chi connectivity index (χ0n) is 55.3. The standard InChI is InChI=1S/C67H130O17P2/c1-5-9-13-17-21-24-27-29-31-33-35-38-42-46-50-54-67(72)84-63(58-78-65(70)52-48-44-40-37-34-32-30-28-25-22-18-14-10-6-2)60-82-86(75,76)80-56-61(68)55-79-85(73,74)81-59-62(57-77-64(69)51-47-43-39-20-16-12-8-4)83-66(71)53-49-45-41-36-26-23-19-15-11-7-3/h61-63,68H,5-60H2,1-4H3,(H,73,74)(H,75,76)/t61-,62+,63+/m0/s1. The number of carbonyl (C=O) groups is 4.